The molecule has 1 atom stereocenters. The Kier molecular flexibility index (Phi) is 6.81. The number of hydrogen-bond donors (Lipinski definition) is 0. The van der Waals surface area contributed by atoms with Gasteiger partial charge in [0.25, 0.3) is 0 Å². The molecular weight excluding hydrogens is 366 g/mol. The van der Waals surface area contributed by atoms with Gasteiger partial charge in [-0.3, -0.25) is 4.79 Å². The van der Waals surface area contributed by atoms with Crippen molar-refractivity contribution in [3.8, 4) is 17.2 Å². The number of benzene rings is 2. The predicted molar refractivity (Wildman–Crippen MR) is 114 cm³/mol. The van der Waals surface area contributed by atoms with Crippen LogP contribution in [0.5, 0.6) is 17.2 Å². The molecule has 0 N–H and O–H groups in total. The average Bonchev–Trinajstić information content (AvgIpc) is 2.77. The first-order valence-electron chi connectivity index (χ1n) is 9.94. The number of carbonyl (C=O) groups is 1. The molecule has 1 aliphatic rings. The fourth-order valence-electron chi connectivity index (χ4n) is 3.72. The van der Waals surface area contributed by atoms with Crippen LogP contribution in [0, 0.1) is 0 Å². The quantitative estimate of drug-likeness (QED) is 0.656. The molecule has 0 saturated carbocycles. The van der Waals surface area contributed by atoms with Gasteiger partial charge in [-0.2, -0.15) is 0 Å². The molecule has 5 nitrogen and oxygen atoms in total. The first kappa shape index (κ1) is 20.8. The summed E-state index contributed by atoms with van der Waals surface area (Å²) >= 11 is 0. The lowest BCUT2D eigenvalue weighted by Gasteiger charge is -2.35. The van der Waals surface area contributed by atoms with E-state index in [2.05, 4.69) is 11.0 Å². The lowest BCUT2D eigenvalue weighted by Crippen LogP contribution is -2.33. The standard InChI is InChI=1S/C24H29NO4/c1-5-18-16-25(13-12-17-6-11-23(28-3)24(14-17)29-4)21(15-22(18)26)19-7-9-20(27-2)10-8-19/h6-11,14,16,21H,5,12-13,15H2,1-4H3. The van der Waals surface area contributed by atoms with E-state index in [1.807, 2.05) is 49.5 Å². The smallest absolute Gasteiger partial charge is 0.162 e. The highest BCUT2D eigenvalue weighted by Gasteiger charge is 2.28. The summed E-state index contributed by atoms with van der Waals surface area (Å²) in [5.74, 6) is 2.51. The van der Waals surface area contributed by atoms with Crippen LogP contribution in [0.1, 0.15) is 36.9 Å². The fourth-order valence-corrected chi connectivity index (χ4v) is 3.72. The van der Waals surface area contributed by atoms with E-state index < -0.39 is 0 Å². The van der Waals surface area contributed by atoms with Gasteiger partial charge in [0.05, 0.1) is 27.4 Å². The number of Topliss-reactive ketones (excluding diaryl/α,β-unsaturated/α-hetero) is 1. The third-order valence-electron chi connectivity index (χ3n) is 5.45. The van der Waals surface area contributed by atoms with Gasteiger partial charge in [0.1, 0.15) is 5.75 Å². The maximum atomic E-state index is 12.6. The Balaban J connectivity index is 1.82. The van der Waals surface area contributed by atoms with Crippen molar-refractivity contribution >= 4 is 5.78 Å². The van der Waals surface area contributed by atoms with E-state index in [1.54, 1.807) is 21.3 Å². The summed E-state index contributed by atoms with van der Waals surface area (Å²) in [6.07, 6.45) is 4.13. The lowest BCUT2D eigenvalue weighted by molar-refractivity contribution is -0.117. The molecule has 5 heteroatoms. The highest BCUT2D eigenvalue weighted by atomic mass is 16.5. The van der Waals surface area contributed by atoms with Gasteiger partial charge in [0, 0.05) is 24.7 Å². The summed E-state index contributed by atoms with van der Waals surface area (Å²) in [6, 6.07) is 14.0. The molecular formula is C24H29NO4. The maximum Gasteiger partial charge on any atom is 0.162 e. The van der Waals surface area contributed by atoms with Gasteiger partial charge < -0.3 is 19.1 Å². The molecule has 0 bridgehead atoms. The summed E-state index contributed by atoms with van der Waals surface area (Å²) in [4.78, 5) is 14.8. The van der Waals surface area contributed by atoms with Gasteiger partial charge in [-0.05, 0) is 48.2 Å². The van der Waals surface area contributed by atoms with Crippen molar-refractivity contribution in [1.29, 1.82) is 0 Å². The van der Waals surface area contributed by atoms with Crippen molar-refractivity contribution in [2.24, 2.45) is 0 Å². The van der Waals surface area contributed by atoms with E-state index in [4.69, 9.17) is 14.2 Å². The third kappa shape index (κ3) is 4.73. The van der Waals surface area contributed by atoms with Gasteiger partial charge >= 0.3 is 0 Å². The molecule has 1 heterocycles. The molecule has 154 valence electrons. The Morgan fingerprint density at radius 1 is 0.966 bits per heavy atom. The second kappa shape index (κ2) is 9.50. The number of hydrogen-bond acceptors (Lipinski definition) is 5. The van der Waals surface area contributed by atoms with E-state index >= 15 is 0 Å². The molecule has 0 radical (unpaired) electrons. The Hall–Kier alpha value is -2.95. The Morgan fingerprint density at radius 2 is 1.69 bits per heavy atom. The van der Waals surface area contributed by atoms with Crippen LogP contribution in [0.3, 0.4) is 0 Å². The zero-order chi connectivity index (χ0) is 20.8. The monoisotopic (exact) mass is 395 g/mol. The summed E-state index contributed by atoms with van der Waals surface area (Å²) in [5, 5.41) is 0. The van der Waals surface area contributed by atoms with Crippen LogP contribution >= 0.6 is 0 Å². The minimum Gasteiger partial charge on any atom is -0.497 e. The first-order chi connectivity index (χ1) is 14.1. The summed E-state index contributed by atoms with van der Waals surface area (Å²) < 4.78 is 16.0. The first-order valence-corrected chi connectivity index (χ1v) is 9.94. The van der Waals surface area contributed by atoms with Crippen molar-refractivity contribution in [1.82, 2.24) is 4.90 Å². The largest absolute Gasteiger partial charge is 0.497 e. The number of methoxy groups -OCH3 is 3. The van der Waals surface area contributed by atoms with Gasteiger partial charge in [0.2, 0.25) is 0 Å². The van der Waals surface area contributed by atoms with E-state index in [1.165, 1.54) is 5.56 Å². The van der Waals surface area contributed by atoms with Gasteiger partial charge in [-0.1, -0.05) is 25.1 Å². The zero-order valence-electron chi connectivity index (χ0n) is 17.6. The number of rotatable bonds is 8. The van der Waals surface area contributed by atoms with Crippen molar-refractivity contribution in [3.63, 3.8) is 0 Å². The van der Waals surface area contributed by atoms with Crippen LogP contribution < -0.4 is 14.2 Å². The molecule has 0 aromatic heterocycles. The van der Waals surface area contributed by atoms with Crippen molar-refractivity contribution in [2.45, 2.75) is 32.2 Å². The normalized spacial score (nSPS) is 16.4. The SMILES string of the molecule is CCC1=CN(CCc2ccc(OC)c(OC)c2)C(c2ccc(OC)cc2)CC1=O. The minimum atomic E-state index is 0.0313. The molecule has 0 spiro atoms. The zero-order valence-corrected chi connectivity index (χ0v) is 17.6. The Morgan fingerprint density at radius 3 is 2.31 bits per heavy atom. The fraction of sp³-hybridized carbons (Fsp3) is 0.375. The highest BCUT2D eigenvalue weighted by Crippen LogP contribution is 2.33. The molecule has 1 unspecified atom stereocenters. The Bertz CT molecular complexity index is 873. The number of allylic oxidation sites excluding steroid dienone is 1. The third-order valence-corrected chi connectivity index (χ3v) is 5.45. The van der Waals surface area contributed by atoms with Crippen LogP contribution in [0.15, 0.2) is 54.2 Å². The van der Waals surface area contributed by atoms with E-state index in [-0.39, 0.29) is 11.8 Å². The topological polar surface area (TPSA) is 48.0 Å². The number of nitrogens with zero attached hydrogens (tertiary/aromatic N) is 1. The van der Waals surface area contributed by atoms with Crippen molar-refractivity contribution in [3.05, 3.63) is 65.4 Å². The second-order valence-corrected chi connectivity index (χ2v) is 7.10. The van der Waals surface area contributed by atoms with Gasteiger partial charge in [-0.15, -0.1) is 0 Å². The summed E-state index contributed by atoms with van der Waals surface area (Å²) in [5.41, 5.74) is 3.18. The molecule has 3 rings (SSSR count). The number of carbonyl (C=O) groups excluding carboxylic acids is 1. The second-order valence-electron chi connectivity index (χ2n) is 7.10. The van der Waals surface area contributed by atoms with Crippen LogP contribution in [0.4, 0.5) is 0 Å². The van der Waals surface area contributed by atoms with E-state index in [9.17, 15) is 4.79 Å². The highest BCUT2D eigenvalue weighted by molar-refractivity contribution is 5.96. The van der Waals surface area contributed by atoms with Crippen LogP contribution in [0.25, 0.3) is 0 Å². The predicted octanol–water partition coefficient (Wildman–Crippen LogP) is 4.56. The minimum absolute atomic E-state index is 0.0313. The molecule has 2 aromatic carbocycles. The number of ether oxygens (including phenoxy) is 3. The molecule has 0 fully saturated rings. The van der Waals surface area contributed by atoms with E-state index in [0.29, 0.717) is 6.42 Å². The van der Waals surface area contributed by atoms with Crippen LogP contribution in [-0.4, -0.2) is 38.6 Å². The number of ketones is 1. The van der Waals surface area contributed by atoms with Crippen molar-refractivity contribution < 1.29 is 19.0 Å². The maximum absolute atomic E-state index is 12.6. The lowest BCUT2D eigenvalue weighted by atomic mass is 9.92. The summed E-state index contributed by atoms with van der Waals surface area (Å²) in [7, 11) is 4.94. The Labute approximate surface area is 172 Å². The van der Waals surface area contributed by atoms with Crippen molar-refractivity contribution in [2.75, 3.05) is 27.9 Å². The molecule has 29 heavy (non-hydrogen) atoms. The molecule has 0 amide bonds. The molecule has 1 aliphatic heterocycles. The summed E-state index contributed by atoms with van der Waals surface area (Å²) in [6.45, 7) is 2.84. The molecule has 0 aliphatic carbocycles. The van der Waals surface area contributed by atoms with E-state index in [0.717, 1.165) is 47.8 Å². The molecule has 2 aromatic rings. The van der Waals surface area contributed by atoms with Gasteiger partial charge in [-0.25, -0.2) is 0 Å². The van der Waals surface area contributed by atoms with Gasteiger partial charge in [0.15, 0.2) is 17.3 Å². The van der Waals surface area contributed by atoms with Crippen LogP contribution in [0.2, 0.25) is 0 Å². The molecule has 0 saturated heterocycles. The van der Waals surface area contributed by atoms with Crippen LogP contribution in [-0.2, 0) is 11.2 Å². The average molecular weight is 395 g/mol.